The maximum absolute atomic E-state index is 12.8. The van der Waals surface area contributed by atoms with Crippen molar-refractivity contribution < 1.29 is 4.79 Å². The van der Waals surface area contributed by atoms with E-state index in [2.05, 4.69) is 46.4 Å². The number of hydrogen-bond acceptors (Lipinski definition) is 3. The van der Waals surface area contributed by atoms with Gasteiger partial charge in [0, 0.05) is 37.4 Å². The van der Waals surface area contributed by atoms with E-state index in [0.717, 1.165) is 38.0 Å². The van der Waals surface area contributed by atoms with Crippen molar-refractivity contribution in [2.24, 2.45) is 5.92 Å². The number of benzene rings is 1. The van der Waals surface area contributed by atoms with E-state index in [1.165, 1.54) is 11.1 Å². The zero-order chi connectivity index (χ0) is 17.2. The second kappa shape index (κ2) is 6.87. The van der Waals surface area contributed by atoms with Gasteiger partial charge in [0.2, 0.25) is 5.91 Å². The van der Waals surface area contributed by atoms with Crippen LogP contribution in [-0.2, 0) is 4.79 Å². The van der Waals surface area contributed by atoms with E-state index < -0.39 is 0 Å². The lowest BCUT2D eigenvalue weighted by Crippen LogP contribution is -2.43. The Hall–Kier alpha value is -2.36. The van der Waals surface area contributed by atoms with Gasteiger partial charge in [-0.15, -0.1) is 0 Å². The Balaban J connectivity index is 1.30. The lowest BCUT2D eigenvalue weighted by atomic mass is 10.0. The average molecular weight is 335 g/mol. The molecule has 1 aromatic heterocycles. The van der Waals surface area contributed by atoms with Gasteiger partial charge in [0.15, 0.2) is 0 Å². The first-order valence-electron chi connectivity index (χ1n) is 9.23. The zero-order valence-corrected chi connectivity index (χ0v) is 14.7. The van der Waals surface area contributed by atoms with Gasteiger partial charge in [-0.25, -0.2) is 0 Å². The number of rotatable bonds is 4. The van der Waals surface area contributed by atoms with Crippen molar-refractivity contribution in [3.63, 3.8) is 0 Å². The lowest BCUT2D eigenvalue weighted by Gasteiger charge is -2.33. The first-order chi connectivity index (χ1) is 12.2. The summed E-state index contributed by atoms with van der Waals surface area (Å²) in [5.74, 6) is 0.983. The first-order valence-corrected chi connectivity index (χ1v) is 9.23. The third kappa shape index (κ3) is 3.53. The van der Waals surface area contributed by atoms with Gasteiger partial charge in [-0.1, -0.05) is 24.3 Å². The third-order valence-electron chi connectivity index (χ3n) is 5.53. The number of aryl methyl sites for hydroxylation is 1. The van der Waals surface area contributed by atoms with Crippen LogP contribution in [0.5, 0.6) is 0 Å². The SMILES string of the molecule is Cc1ccccc1[C@H]1C[C@H]1C(=O)N1CCC(Nc2cccnc2)CC1. The van der Waals surface area contributed by atoms with E-state index in [1.807, 2.05) is 18.3 Å². The minimum Gasteiger partial charge on any atom is -0.381 e. The number of nitrogens with one attached hydrogen (secondary N) is 1. The maximum atomic E-state index is 12.8. The second-order valence-electron chi connectivity index (χ2n) is 7.29. The summed E-state index contributed by atoms with van der Waals surface area (Å²) in [6, 6.07) is 12.9. The molecule has 1 N–H and O–H groups in total. The summed E-state index contributed by atoms with van der Waals surface area (Å²) in [5.41, 5.74) is 3.73. The minimum absolute atomic E-state index is 0.198. The fourth-order valence-electron chi connectivity index (χ4n) is 3.98. The fourth-order valence-corrected chi connectivity index (χ4v) is 3.98. The van der Waals surface area contributed by atoms with E-state index in [0.29, 0.717) is 17.9 Å². The van der Waals surface area contributed by atoms with Crippen molar-refractivity contribution in [3.05, 3.63) is 59.9 Å². The summed E-state index contributed by atoms with van der Waals surface area (Å²) in [6.45, 7) is 3.85. The van der Waals surface area contributed by atoms with Crippen LogP contribution in [0.3, 0.4) is 0 Å². The number of carbonyl (C=O) groups is 1. The highest BCUT2D eigenvalue weighted by Crippen LogP contribution is 2.49. The van der Waals surface area contributed by atoms with Crippen LogP contribution in [0.2, 0.25) is 0 Å². The van der Waals surface area contributed by atoms with Gasteiger partial charge in [0.1, 0.15) is 0 Å². The largest absolute Gasteiger partial charge is 0.381 e. The van der Waals surface area contributed by atoms with E-state index in [4.69, 9.17) is 0 Å². The molecule has 1 amide bonds. The van der Waals surface area contributed by atoms with Crippen LogP contribution in [0.25, 0.3) is 0 Å². The van der Waals surface area contributed by atoms with Crippen LogP contribution in [0.15, 0.2) is 48.8 Å². The van der Waals surface area contributed by atoms with Gasteiger partial charge < -0.3 is 10.2 Å². The number of hydrogen-bond donors (Lipinski definition) is 1. The standard InChI is InChI=1S/C21H25N3O/c1-15-5-2-3-7-18(15)19-13-20(19)21(25)24-11-8-16(9-12-24)23-17-6-4-10-22-14-17/h2-7,10,14,16,19-20,23H,8-9,11-13H2,1H3/t19-,20-/m1/s1. The van der Waals surface area contributed by atoms with E-state index in [-0.39, 0.29) is 5.92 Å². The molecule has 0 spiro atoms. The van der Waals surface area contributed by atoms with Crippen LogP contribution >= 0.6 is 0 Å². The highest BCUT2D eigenvalue weighted by atomic mass is 16.2. The highest BCUT2D eigenvalue weighted by molar-refractivity contribution is 5.83. The third-order valence-corrected chi connectivity index (χ3v) is 5.53. The van der Waals surface area contributed by atoms with Crippen LogP contribution in [0, 0.1) is 12.8 Å². The number of likely N-dealkylation sites (tertiary alicyclic amines) is 1. The van der Waals surface area contributed by atoms with Crippen molar-refractivity contribution in [1.29, 1.82) is 0 Å². The summed E-state index contributed by atoms with van der Waals surface area (Å²) in [5, 5.41) is 3.53. The molecule has 2 heterocycles. The number of pyridine rings is 1. The van der Waals surface area contributed by atoms with E-state index in [9.17, 15) is 4.79 Å². The van der Waals surface area contributed by atoms with Crippen molar-refractivity contribution in [3.8, 4) is 0 Å². The lowest BCUT2D eigenvalue weighted by molar-refractivity contribution is -0.133. The van der Waals surface area contributed by atoms with Gasteiger partial charge >= 0.3 is 0 Å². The number of nitrogens with zero attached hydrogens (tertiary/aromatic N) is 2. The molecule has 4 heteroatoms. The first kappa shape index (κ1) is 16.1. The molecule has 4 rings (SSSR count). The van der Waals surface area contributed by atoms with Gasteiger partial charge in [-0.3, -0.25) is 9.78 Å². The predicted octanol–water partition coefficient (Wildman–Crippen LogP) is 3.60. The second-order valence-corrected chi connectivity index (χ2v) is 7.29. The Bertz CT molecular complexity index is 738. The average Bonchev–Trinajstić information content (AvgIpc) is 3.44. The summed E-state index contributed by atoms with van der Waals surface area (Å²) < 4.78 is 0. The molecule has 130 valence electrons. The summed E-state index contributed by atoms with van der Waals surface area (Å²) in [7, 11) is 0. The van der Waals surface area contributed by atoms with Gasteiger partial charge in [-0.2, -0.15) is 0 Å². The molecular formula is C21H25N3O. The summed E-state index contributed by atoms with van der Waals surface area (Å²) in [4.78, 5) is 19.0. The molecule has 2 atom stereocenters. The Morgan fingerprint density at radius 2 is 1.96 bits per heavy atom. The molecule has 25 heavy (non-hydrogen) atoms. The van der Waals surface area contributed by atoms with Crippen LogP contribution in [0.4, 0.5) is 5.69 Å². The molecule has 2 fully saturated rings. The molecule has 1 aliphatic heterocycles. The molecule has 2 aliphatic rings. The summed E-state index contributed by atoms with van der Waals surface area (Å²) in [6.07, 6.45) is 6.66. The highest BCUT2D eigenvalue weighted by Gasteiger charge is 2.46. The topological polar surface area (TPSA) is 45.2 Å². The Labute approximate surface area is 149 Å². The van der Waals surface area contributed by atoms with Crippen molar-refractivity contribution in [2.45, 2.75) is 38.1 Å². The minimum atomic E-state index is 0.198. The molecule has 1 saturated carbocycles. The molecule has 0 bridgehead atoms. The number of amides is 1. The number of aromatic nitrogens is 1. The number of anilines is 1. The van der Waals surface area contributed by atoms with Gasteiger partial charge in [0.05, 0.1) is 5.69 Å². The Morgan fingerprint density at radius 3 is 2.68 bits per heavy atom. The Morgan fingerprint density at radius 1 is 1.16 bits per heavy atom. The molecule has 1 saturated heterocycles. The predicted molar refractivity (Wildman–Crippen MR) is 99.5 cm³/mol. The van der Waals surface area contributed by atoms with Crippen molar-refractivity contribution in [2.75, 3.05) is 18.4 Å². The van der Waals surface area contributed by atoms with Gasteiger partial charge in [-0.05, 0) is 55.4 Å². The molecule has 4 nitrogen and oxygen atoms in total. The molecular weight excluding hydrogens is 310 g/mol. The maximum Gasteiger partial charge on any atom is 0.226 e. The molecule has 0 unspecified atom stereocenters. The zero-order valence-electron chi connectivity index (χ0n) is 14.7. The molecule has 2 aromatic rings. The normalized spacial score (nSPS) is 23.3. The van der Waals surface area contributed by atoms with E-state index >= 15 is 0 Å². The Kier molecular flexibility index (Phi) is 4.43. The smallest absolute Gasteiger partial charge is 0.226 e. The molecule has 1 aliphatic carbocycles. The molecule has 1 aromatic carbocycles. The van der Waals surface area contributed by atoms with Crippen molar-refractivity contribution >= 4 is 11.6 Å². The van der Waals surface area contributed by atoms with E-state index in [1.54, 1.807) is 6.20 Å². The van der Waals surface area contributed by atoms with Crippen LogP contribution in [0.1, 0.15) is 36.3 Å². The number of carbonyl (C=O) groups excluding carboxylic acids is 1. The van der Waals surface area contributed by atoms with Crippen molar-refractivity contribution in [1.82, 2.24) is 9.88 Å². The summed E-state index contributed by atoms with van der Waals surface area (Å²) >= 11 is 0. The van der Waals surface area contributed by atoms with Gasteiger partial charge in [0.25, 0.3) is 0 Å². The monoisotopic (exact) mass is 335 g/mol. The van der Waals surface area contributed by atoms with Crippen LogP contribution < -0.4 is 5.32 Å². The quantitative estimate of drug-likeness (QED) is 0.928. The number of piperidine rings is 1. The fraction of sp³-hybridized carbons (Fsp3) is 0.429. The van der Waals surface area contributed by atoms with Crippen LogP contribution in [-0.4, -0.2) is 34.9 Å². The molecule has 0 radical (unpaired) electrons.